The van der Waals surface area contributed by atoms with E-state index in [1.165, 1.54) is 6.07 Å². The molecule has 1 aliphatic heterocycles. The van der Waals surface area contributed by atoms with Crippen LogP contribution in [0.15, 0.2) is 23.1 Å². The fourth-order valence-corrected chi connectivity index (χ4v) is 4.68. The summed E-state index contributed by atoms with van der Waals surface area (Å²) in [5.74, 6) is -0.290. The Balaban J connectivity index is 1.66. The van der Waals surface area contributed by atoms with Crippen LogP contribution in [0, 0.1) is 6.92 Å². The Morgan fingerprint density at radius 1 is 1.48 bits per heavy atom. The number of carboxylic acid groups (broad SMARTS) is 1. The number of aromatic carboxylic acids is 1. The van der Waals surface area contributed by atoms with Crippen molar-refractivity contribution in [3.8, 4) is 5.75 Å². The number of ether oxygens (including phenoxy) is 1. The van der Waals surface area contributed by atoms with Gasteiger partial charge in [-0.05, 0) is 37.6 Å². The van der Waals surface area contributed by atoms with Crippen molar-refractivity contribution >= 4 is 27.3 Å². The number of aromatic nitrogens is 1. The van der Waals surface area contributed by atoms with Gasteiger partial charge in [-0.1, -0.05) is 0 Å². The summed E-state index contributed by atoms with van der Waals surface area (Å²) in [6.45, 7) is 3.72. The second-order valence-electron chi connectivity index (χ2n) is 5.88. The van der Waals surface area contributed by atoms with Gasteiger partial charge in [0.15, 0.2) is 0 Å². The molecule has 0 radical (unpaired) electrons. The molecule has 7 nitrogen and oxygen atoms in total. The fourth-order valence-electron chi connectivity index (χ4n) is 2.70. The highest BCUT2D eigenvalue weighted by atomic mass is 32.2. The smallest absolute Gasteiger partial charge is 0.347 e. The van der Waals surface area contributed by atoms with E-state index in [1.54, 1.807) is 19.1 Å². The number of aryl methyl sites for hydroxylation is 1. The van der Waals surface area contributed by atoms with E-state index in [9.17, 15) is 13.2 Å². The van der Waals surface area contributed by atoms with E-state index in [2.05, 4.69) is 9.71 Å². The number of nitrogens with one attached hydrogen (secondary N) is 1. The Kier molecular flexibility index (Phi) is 4.81. The maximum atomic E-state index is 12.4. The quantitative estimate of drug-likeness (QED) is 0.792. The molecule has 0 saturated carbocycles. The Morgan fingerprint density at radius 2 is 2.24 bits per heavy atom. The molecule has 0 saturated heterocycles. The van der Waals surface area contributed by atoms with E-state index in [4.69, 9.17) is 9.84 Å². The van der Waals surface area contributed by atoms with Crippen molar-refractivity contribution in [2.24, 2.45) is 0 Å². The van der Waals surface area contributed by atoms with Crippen LogP contribution in [0.5, 0.6) is 5.75 Å². The molecule has 2 aromatic rings. The van der Waals surface area contributed by atoms with Gasteiger partial charge in [0.25, 0.3) is 0 Å². The molecule has 3 rings (SSSR count). The second-order valence-corrected chi connectivity index (χ2v) is 8.73. The topological polar surface area (TPSA) is 106 Å². The lowest BCUT2D eigenvalue weighted by Gasteiger charge is -2.07. The summed E-state index contributed by atoms with van der Waals surface area (Å²) in [4.78, 5) is 15.6. The Hall–Kier alpha value is -1.97. The third-order valence-corrected chi connectivity index (χ3v) is 6.51. The minimum Gasteiger partial charge on any atom is -0.490 e. The number of nitrogens with zero attached hydrogens (tertiary/aromatic N) is 1. The molecule has 134 valence electrons. The molecule has 0 aliphatic carbocycles. The molecule has 0 amide bonds. The highest BCUT2D eigenvalue weighted by Gasteiger charge is 2.22. The maximum absolute atomic E-state index is 12.4. The number of rotatable bonds is 6. The van der Waals surface area contributed by atoms with Gasteiger partial charge in [0.2, 0.25) is 10.0 Å². The zero-order valence-corrected chi connectivity index (χ0v) is 15.4. The highest BCUT2D eigenvalue weighted by molar-refractivity contribution is 7.89. The average molecular weight is 382 g/mol. The van der Waals surface area contributed by atoms with Crippen molar-refractivity contribution in [3.63, 3.8) is 0 Å². The summed E-state index contributed by atoms with van der Waals surface area (Å²) in [6.07, 6.45) is 1.08. The Bertz CT molecular complexity index is 921. The fraction of sp³-hybridized carbons (Fsp3) is 0.375. The number of benzene rings is 1. The van der Waals surface area contributed by atoms with Crippen LogP contribution in [0.1, 0.15) is 32.9 Å². The van der Waals surface area contributed by atoms with E-state index < -0.39 is 16.0 Å². The minimum absolute atomic E-state index is 0.0532. The van der Waals surface area contributed by atoms with Gasteiger partial charge >= 0.3 is 5.97 Å². The molecule has 1 aliphatic rings. The van der Waals surface area contributed by atoms with Crippen LogP contribution in [0.4, 0.5) is 0 Å². The summed E-state index contributed by atoms with van der Waals surface area (Å²) in [5.41, 5.74) is 1.33. The van der Waals surface area contributed by atoms with Crippen molar-refractivity contribution in [2.75, 3.05) is 6.54 Å². The molecule has 2 heterocycles. The molecule has 1 aromatic carbocycles. The van der Waals surface area contributed by atoms with E-state index in [0.717, 1.165) is 22.6 Å². The molecule has 0 bridgehead atoms. The highest BCUT2D eigenvalue weighted by Crippen LogP contribution is 2.30. The monoisotopic (exact) mass is 382 g/mol. The third kappa shape index (κ3) is 3.83. The number of carbonyl (C=O) groups is 1. The van der Waals surface area contributed by atoms with Gasteiger partial charge in [0.1, 0.15) is 16.7 Å². The number of carboxylic acids is 1. The Labute approximate surface area is 149 Å². The minimum atomic E-state index is -3.63. The molecule has 9 heteroatoms. The number of hydrogen-bond acceptors (Lipinski definition) is 6. The first kappa shape index (κ1) is 17.8. The average Bonchev–Trinajstić information content (AvgIpc) is 3.07. The first-order chi connectivity index (χ1) is 11.8. The van der Waals surface area contributed by atoms with Gasteiger partial charge < -0.3 is 9.84 Å². The number of thiazole rings is 1. The van der Waals surface area contributed by atoms with Crippen LogP contribution in [-0.2, 0) is 22.9 Å². The molecule has 0 fully saturated rings. The Morgan fingerprint density at radius 3 is 2.92 bits per heavy atom. The van der Waals surface area contributed by atoms with Crippen molar-refractivity contribution in [1.82, 2.24) is 9.71 Å². The van der Waals surface area contributed by atoms with Crippen LogP contribution < -0.4 is 9.46 Å². The van der Waals surface area contributed by atoms with Crippen LogP contribution in [0.3, 0.4) is 0 Å². The zero-order chi connectivity index (χ0) is 18.2. The third-order valence-electron chi connectivity index (χ3n) is 3.84. The van der Waals surface area contributed by atoms with Gasteiger partial charge in [0.05, 0.1) is 15.6 Å². The largest absolute Gasteiger partial charge is 0.490 e. The SMILES string of the molecule is Cc1nc(CCNS(=O)(=O)c2ccc3c(c2)CC(C)O3)sc1C(=O)O. The predicted octanol–water partition coefficient (Wildman–Crippen LogP) is 1.99. The lowest BCUT2D eigenvalue weighted by atomic mass is 10.1. The zero-order valence-electron chi connectivity index (χ0n) is 13.8. The number of sulfonamides is 1. The molecular formula is C16H18N2O5S2. The van der Waals surface area contributed by atoms with E-state index in [-0.39, 0.29) is 22.4 Å². The van der Waals surface area contributed by atoms with Gasteiger partial charge in [-0.2, -0.15) is 0 Å². The van der Waals surface area contributed by atoms with E-state index >= 15 is 0 Å². The summed E-state index contributed by atoms with van der Waals surface area (Å²) in [6, 6.07) is 4.84. The van der Waals surface area contributed by atoms with E-state index in [1.807, 2.05) is 6.92 Å². The van der Waals surface area contributed by atoms with Crippen molar-refractivity contribution < 1.29 is 23.1 Å². The molecule has 1 unspecified atom stereocenters. The standard InChI is InChI=1S/C16H18N2O5S2/c1-9-7-11-8-12(3-4-13(11)23-9)25(21,22)17-6-5-14-18-10(2)15(24-14)16(19)20/h3-4,8-9,17H,5-7H2,1-2H3,(H,19,20). The van der Waals surface area contributed by atoms with Crippen LogP contribution in [-0.4, -0.2) is 37.1 Å². The van der Waals surface area contributed by atoms with Crippen LogP contribution in [0.25, 0.3) is 0 Å². The molecule has 1 atom stereocenters. The summed E-state index contributed by atoms with van der Waals surface area (Å²) >= 11 is 1.07. The van der Waals surface area contributed by atoms with Gasteiger partial charge in [-0.3, -0.25) is 0 Å². The molecule has 1 aromatic heterocycles. The van der Waals surface area contributed by atoms with Gasteiger partial charge in [0, 0.05) is 19.4 Å². The van der Waals surface area contributed by atoms with E-state index in [0.29, 0.717) is 23.5 Å². The number of hydrogen-bond donors (Lipinski definition) is 2. The van der Waals surface area contributed by atoms with Gasteiger partial charge in [-0.15, -0.1) is 11.3 Å². The van der Waals surface area contributed by atoms with Crippen LogP contribution >= 0.6 is 11.3 Å². The maximum Gasteiger partial charge on any atom is 0.347 e. The summed E-state index contributed by atoms with van der Waals surface area (Å²) < 4.78 is 33.0. The van der Waals surface area contributed by atoms with Crippen molar-refractivity contribution in [1.29, 1.82) is 0 Å². The lowest BCUT2D eigenvalue weighted by molar-refractivity contribution is 0.0701. The van der Waals surface area contributed by atoms with Crippen LogP contribution in [0.2, 0.25) is 0 Å². The summed E-state index contributed by atoms with van der Waals surface area (Å²) in [5, 5.41) is 9.62. The lowest BCUT2D eigenvalue weighted by Crippen LogP contribution is -2.26. The van der Waals surface area contributed by atoms with Crippen molar-refractivity contribution in [2.45, 2.75) is 37.7 Å². The first-order valence-electron chi connectivity index (χ1n) is 7.75. The first-order valence-corrected chi connectivity index (χ1v) is 10.0. The summed E-state index contributed by atoms with van der Waals surface area (Å²) in [7, 11) is -3.63. The van der Waals surface area contributed by atoms with Crippen molar-refractivity contribution in [3.05, 3.63) is 39.3 Å². The predicted molar refractivity (Wildman–Crippen MR) is 92.9 cm³/mol. The molecular weight excluding hydrogens is 364 g/mol. The normalized spacial score (nSPS) is 16.5. The molecule has 2 N–H and O–H groups in total. The molecule has 25 heavy (non-hydrogen) atoms. The second kappa shape index (κ2) is 6.74. The molecule has 0 spiro atoms. The van der Waals surface area contributed by atoms with Gasteiger partial charge in [-0.25, -0.2) is 22.9 Å². The number of fused-ring (bicyclic) bond motifs is 1.